The largest absolute Gasteiger partial charge is 0.302 e. The van der Waals surface area contributed by atoms with E-state index in [0.29, 0.717) is 0 Å². The SMILES string of the molecule is CC(C)(C=O)c1ccc(-c2ccccc2)cc1. The van der Waals surface area contributed by atoms with Crippen molar-refractivity contribution in [3.05, 3.63) is 60.2 Å². The molecule has 0 saturated heterocycles. The molecule has 2 aromatic carbocycles. The molecule has 86 valence electrons. The molecule has 0 radical (unpaired) electrons. The van der Waals surface area contributed by atoms with Gasteiger partial charge in [0, 0.05) is 5.41 Å². The van der Waals surface area contributed by atoms with Gasteiger partial charge >= 0.3 is 0 Å². The lowest BCUT2D eigenvalue weighted by Crippen LogP contribution is -2.18. The zero-order valence-corrected chi connectivity index (χ0v) is 10.2. The normalized spacial score (nSPS) is 11.2. The molecule has 2 aromatic rings. The summed E-state index contributed by atoms with van der Waals surface area (Å²) in [6.45, 7) is 3.86. The van der Waals surface area contributed by atoms with Gasteiger partial charge in [0.2, 0.25) is 0 Å². The summed E-state index contributed by atoms with van der Waals surface area (Å²) in [6.07, 6.45) is 0.991. The van der Waals surface area contributed by atoms with Crippen LogP contribution in [0.15, 0.2) is 54.6 Å². The molecule has 0 heterocycles. The van der Waals surface area contributed by atoms with Gasteiger partial charge in [0.15, 0.2) is 0 Å². The van der Waals surface area contributed by atoms with E-state index in [9.17, 15) is 4.79 Å². The van der Waals surface area contributed by atoms with Crippen LogP contribution in [-0.4, -0.2) is 6.29 Å². The fourth-order valence-corrected chi connectivity index (χ4v) is 1.79. The van der Waals surface area contributed by atoms with E-state index < -0.39 is 5.41 Å². The van der Waals surface area contributed by atoms with Crippen molar-refractivity contribution in [2.75, 3.05) is 0 Å². The molecule has 0 aliphatic heterocycles. The van der Waals surface area contributed by atoms with Crippen molar-refractivity contribution in [1.82, 2.24) is 0 Å². The van der Waals surface area contributed by atoms with Crippen molar-refractivity contribution in [3.63, 3.8) is 0 Å². The molecule has 0 aliphatic rings. The van der Waals surface area contributed by atoms with Crippen LogP contribution in [0.2, 0.25) is 0 Å². The number of carbonyl (C=O) groups is 1. The van der Waals surface area contributed by atoms with Gasteiger partial charge in [0.1, 0.15) is 6.29 Å². The van der Waals surface area contributed by atoms with Gasteiger partial charge in [-0.2, -0.15) is 0 Å². The molecule has 0 saturated carbocycles. The zero-order chi connectivity index (χ0) is 12.3. The number of carbonyl (C=O) groups excluding carboxylic acids is 1. The minimum atomic E-state index is -0.408. The highest BCUT2D eigenvalue weighted by molar-refractivity contribution is 5.69. The van der Waals surface area contributed by atoms with Gasteiger partial charge in [-0.3, -0.25) is 0 Å². The fraction of sp³-hybridized carbons (Fsp3) is 0.188. The maximum atomic E-state index is 11.0. The standard InChI is InChI=1S/C16H16O/c1-16(2,12-17)15-10-8-14(9-11-15)13-6-4-3-5-7-13/h3-12H,1-2H3. The predicted molar refractivity (Wildman–Crippen MR) is 71.0 cm³/mol. The maximum Gasteiger partial charge on any atom is 0.129 e. The maximum absolute atomic E-state index is 11.0. The van der Waals surface area contributed by atoms with Crippen LogP contribution in [0.4, 0.5) is 0 Å². The summed E-state index contributed by atoms with van der Waals surface area (Å²) >= 11 is 0. The third kappa shape index (κ3) is 2.44. The number of aldehydes is 1. The molecular formula is C16H16O. The quantitative estimate of drug-likeness (QED) is 0.724. The van der Waals surface area contributed by atoms with Crippen molar-refractivity contribution in [2.45, 2.75) is 19.3 Å². The highest BCUT2D eigenvalue weighted by atomic mass is 16.1. The Labute approximate surface area is 102 Å². The first-order valence-corrected chi connectivity index (χ1v) is 5.76. The number of benzene rings is 2. The fourth-order valence-electron chi connectivity index (χ4n) is 1.79. The summed E-state index contributed by atoms with van der Waals surface area (Å²) in [6, 6.07) is 18.4. The molecule has 0 N–H and O–H groups in total. The monoisotopic (exact) mass is 224 g/mol. The highest BCUT2D eigenvalue weighted by Crippen LogP contribution is 2.24. The van der Waals surface area contributed by atoms with Gasteiger partial charge in [0.05, 0.1) is 0 Å². The lowest BCUT2D eigenvalue weighted by atomic mass is 9.85. The number of hydrogen-bond donors (Lipinski definition) is 0. The van der Waals surface area contributed by atoms with Crippen LogP contribution < -0.4 is 0 Å². The van der Waals surface area contributed by atoms with Crippen LogP contribution in [0.25, 0.3) is 11.1 Å². The summed E-state index contributed by atoms with van der Waals surface area (Å²) < 4.78 is 0. The Bertz CT molecular complexity index is 495. The Morgan fingerprint density at radius 3 is 1.88 bits per heavy atom. The van der Waals surface area contributed by atoms with Crippen LogP contribution in [0.3, 0.4) is 0 Å². The molecule has 0 bridgehead atoms. The Balaban J connectivity index is 2.34. The summed E-state index contributed by atoms with van der Waals surface area (Å²) in [5, 5.41) is 0. The second kappa shape index (κ2) is 4.54. The van der Waals surface area contributed by atoms with E-state index in [-0.39, 0.29) is 0 Å². The summed E-state index contributed by atoms with van der Waals surface area (Å²) in [4.78, 5) is 11.0. The Morgan fingerprint density at radius 2 is 1.35 bits per heavy atom. The molecule has 2 rings (SSSR count). The molecule has 0 unspecified atom stereocenters. The van der Waals surface area contributed by atoms with E-state index in [1.54, 1.807) is 0 Å². The predicted octanol–water partition coefficient (Wildman–Crippen LogP) is 3.83. The number of rotatable bonds is 3. The van der Waals surface area contributed by atoms with Crippen LogP contribution in [0.5, 0.6) is 0 Å². The van der Waals surface area contributed by atoms with Gasteiger partial charge in [-0.1, -0.05) is 54.6 Å². The van der Waals surface area contributed by atoms with E-state index in [4.69, 9.17) is 0 Å². The first-order valence-electron chi connectivity index (χ1n) is 5.76. The number of hydrogen-bond acceptors (Lipinski definition) is 1. The van der Waals surface area contributed by atoms with Crippen LogP contribution >= 0.6 is 0 Å². The minimum Gasteiger partial charge on any atom is -0.302 e. The van der Waals surface area contributed by atoms with Gasteiger partial charge in [-0.15, -0.1) is 0 Å². The average molecular weight is 224 g/mol. The lowest BCUT2D eigenvalue weighted by Gasteiger charge is -2.17. The Morgan fingerprint density at radius 1 is 0.824 bits per heavy atom. The third-order valence-electron chi connectivity index (χ3n) is 3.03. The molecule has 0 amide bonds. The molecule has 1 heteroatoms. The van der Waals surface area contributed by atoms with E-state index in [1.807, 2.05) is 44.2 Å². The Hall–Kier alpha value is -1.89. The molecule has 0 aromatic heterocycles. The molecule has 1 nitrogen and oxygen atoms in total. The first-order chi connectivity index (χ1) is 8.13. The van der Waals surface area contributed by atoms with Gasteiger partial charge in [-0.05, 0) is 30.5 Å². The second-order valence-electron chi connectivity index (χ2n) is 4.78. The zero-order valence-electron chi connectivity index (χ0n) is 10.2. The molecule has 0 atom stereocenters. The molecule has 0 spiro atoms. The molecular weight excluding hydrogens is 208 g/mol. The van der Waals surface area contributed by atoms with Crippen molar-refractivity contribution in [3.8, 4) is 11.1 Å². The smallest absolute Gasteiger partial charge is 0.129 e. The molecule has 0 aliphatic carbocycles. The second-order valence-corrected chi connectivity index (χ2v) is 4.78. The van der Waals surface area contributed by atoms with Gasteiger partial charge < -0.3 is 4.79 Å². The van der Waals surface area contributed by atoms with Crippen molar-refractivity contribution in [1.29, 1.82) is 0 Å². The summed E-state index contributed by atoms with van der Waals surface area (Å²) in [5.74, 6) is 0. The van der Waals surface area contributed by atoms with E-state index in [1.165, 1.54) is 11.1 Å². The topological polar surface area (TPSA) is 17.1 Å². The van der Waals surface area contributed by atoms with Crippen LogP contribution in [0, 0.1) is 0 Å². The lowest BCUT2D eigenvalue weighted by molar-refractivity contribution is -0.111. The van der Waals surface area contributed by atoms with E-state index in [2.05, 4.69) is 24.3 Å². The van der Waals surface area contributed by atoms with Crippen molar-refractivity contribution < 1.29 is 4.79 Å². The molecule has 17 heavy (non-hydrogen) atoms. The van der Waals surface area contributed by atoms with Gasteiger partial charge in [-0.25, -0.2) is 0 Å². The van der Waals surface area contributed by atoms with Crippen molar-refractivity contribution in [2.24, 2.45) is 0 Å². The first kappa shape index (κ1) is 11.6. The minimum absolute atomic E-state index is 0.408. The average Bonchev–Trinajstić information content (AvgIpc) is 2.40. The summed E-state index contributed by atoms with van der Waals surface area (Å²) in [7, 11) is 0. The van der Waals surface area contributed by atoms with E-state index in [0.717, 1.165) is 11.8 Å². The van der Waals surface area contributed by atoms with Crippen LogP contribution in [-0.2, 0) is 10.2 Å². The van der Waals surface area contributed by atoms with Crippen LogP contribution in [0.1, 0.15) is 19.4 Å². The molecule has 0 fully saturated rings. The third-order valence-corrected chi connectivity index (χ3v) is 3.03. The highest BCUT2D eigenvalue weighted by Gasteiger charge is 2.18. The van der Waals surface area contributed by atoms with E-state index >= 15 is 0 Å². The summed E-state index contributed by atoms with van der Waals surface area (Å²) in [5.41, 5.74) is 3.01. The van der Waals surface area contributed by atoms with Crippen molar-refractivity contribution >= 4 is 6.29 Å². The van der Waals surface area contributed by atoms with Gasteiger partial charge in [0.25, 0.3) is 0 Å². The Kier molecular flexibility index (Phi) is 3.10.